The van der Waals surface area contributed by atoms with E-state index in [0.717, 1.165) is 13.0 Å². The third-order valence-corrected chi connectivity index (χ3v) is 5.68. The molecule has 1 heterocycles. The topological polar surface area (TPSA) is 69.6 Å². The fraction of sp³-hybridized carbons (Fsp3) is 1.00. The van der Waals surface area contributed by atoms with Gasteiger partial charge >= 0.3 is 0 Å². The number of sulfonamides is 1. The van der Waals surface area contributed by atoms with Crippen molar-refractivity contribution < 1.29 is 13.5 Å². The normalized spacial score (nSPS) is 21.2. The van der Waals surface area contributed by atoms with Gasteiger partial charge in [-0.15, -0.1) is 0 Å². The highest BCUT2D eigenvalue weighted by Gasteiger charge is 2.25. The molecular formula is C13H28N2O3S. The van der Waals surface area contributed by atoms with Crippen molar-refractivity contribution in [3.05, 3.63) is 0 Å². The Morgan fingerprint density at radius 2 is 2.11 bits per heavy atom. The summed E-state index contributed by atoms with van der Waals surface area (Å²) in [5.74, 6) is 0.203. The lowest BCUT2D eigenvalue weighted by molar-refractivity contribution is 0.258. The molecule has 0 radical (unpaired) electrons. The molecule has 0 aromatic rings. The van der Waals surface area contributed by atoms with Crippen LogP contribution in [0.2, 0.25) is 0 Å². The van der Waals surface area contributed by atoms with Crippen LogP contribution in [0.25, 0.3) is 0 Å². The summed E-state index contributed by atoms with van der Waals surface area (Å²) in [7, 11) is -3.21. The van der Waals surface area contributed by atoms with Crippen molar-refractivity contribution in [1.29, 1.82) is 0 Å². The molecule has 6 heteroatoms. The Kier molecular flexibility index (Phi) is 7.28. The molecule has 5 nitrogen and oxygen atoms in total. The number of piperidine rings is 1. The van der Waals surface area contributed by atoms with Crippen LogP contribution in [0, 0.1) is 0 Å². The van der Waals surface area contributed by atoms with Crippen molar-refractivity contribution >= 4 is 10.0 Å². The predicted octanol–water partition coefficient (Wildman–Crippen LogP) is 0.941. The number of nitrogens with zero attached hydrogens (tertiary/aromatic N) is 1. The second-order valence-corrected chi connectivity index (χ2v) is 7.57. The van der Waals surface area contributed by atoms with Gasteiger partial charge in [-0.25, -0.2) is 8.42 Å². The summed E-state index contributed by atoms with van der Waals surface area (Å²) < 4.78 is 26.2. The summed E-state index contributed by atoms with van der Waals surface area (Å²) in [6.45, 7) is 5.21. The van der Waals surface area contributed by atoms with E-state index in [-0.39, 0.29) is 18.4 Å². The lowest BCUT2D eigenvalue weighted by Gasteiger charge is -2.28. The molecule has 0 aromatic heterocycles. The summed E-state index contributed by atoms with van der Waals surface area (Å²) in [6.07, 6.45) is 4.64. The smallest absolute Gasteiger partial charge is 0.214 e. The summed E-state index contributed by atoms with van der Waals surface area (Å²) in [6, 6.07) is 0.297. The molecule has 0 bridgehead atoms. The fourth-order valence-electron chi connectivity index (χ4n) is 2.52. The molecular weight excluding hydrogens is 264 g/mol. The number of aliphatic hydroxyl groups is 1. The van der Waals surface area contributed by atoms with Gasteiger partial charge in [-0.3, -0.25) is 0 Å². The molecule has 19 heavy (non-hydrogen) atoms. The lowest BCUT2D eigenvalue weighted by atomic mass is 10.0. The Labute approximate surface area is 117 Å². The molecule has 0 amide bonds. The number of hydrogen-bond donors (Lipinski definition) is 2. The van der Waals surface area contributed by atoms with E-state index in [9.17, 15) is 8.42 Å². The molecule has 0 aromatic carbocycles. The molecule has 1 unspecified atom stereocenters. The molecule has 1 atom stereocenters. The monoisotopic (exact) mass is 292 g/mol. The standard InChI is InChI=1S/C13H28N2O3S/c1-12(2)15(9-5-10-16)19(17,18)11-7-13-6-3-4-8-14-13/h12-14,16H,3-11H2,1-2H3. The first-order valence-corrected chi connectivity index (χ1v) is 8.92. The third kappa shape index (κ3) is 5.77. The van der Waals surface area contributed by atoms with Gasteiger partial charge in [0.25, 0.3) is 0 Å². The minimum Gasteiger partial charge on any atom is -0.396 e. The zero-order chi connectivity index (χ0) is 14.3. The van der Waals surface area contributed by atoms with Crippen molar-refractivity contribution in [3.63, 3.8) is 0 Å². The van der Waals surface area contributed by atoms with Gasteiger partial charge in [-0.05, 0) is 46.1 Å². The molecule has 1 aliphatic rings. The Morgan fingerprint density at radius 3 is 2.63 bits per heavy atom. The van der Waals surface area contributed by atoms with Crippen LogP contribution in [0.15, 0.2) is 0 Å². The summed E-state index contributed by atoms with van der Waals surface area (Å²) >= 11 is 0. The van der Waals surface area contributed by atoms with E-state index in [1.807, 2.05) is 13.8 Å². The lowest BCUT2D eigenvalue weighted by Crippen LogP contribution is -2.42. The summed E-state index contributed by atoms with van der Waals surface area (Å²) in [5, 5.41) is 12.2. The first kappa shape index (κ1) is 16.9. The summed E-state index contributed by atoms with van der Waals surface area (Å²) in [4.78, 5) is 0. The first-order chi connectivity index (χ1) is 8.97. The molecule has 1 fully saturated rings. The van der Waals surface area contributed by atoms with Gasteiger partial charge in [0.05, 0.1) is 5.75 Å². The Bertz CT molecular complexity index is 338. The second kappa shape index (κ2) is 8.19. The quantitative estimate of drug-likeness (QED) is 0.698. The number of nitrogens with one attached hydrogen (secondary N) is 1. The van der Waals surface area contributed by atoms with Gasteiger partial charge in [0, 0.05) is 25.2 Å². The van der Waals surface area contributed by atoms with Crippen molar-refractivity contribution in [2.24, 2.45) is 0 Å². The van der Waals surface area contributed by atoms with Crippen LogP contribution in [-0.4, -0.2) is 55.4 Å². The number of rotatable bonds is 8. The van der Waals surface area contributed by atoms with Crippen LogP contribution in [0.4, 0.5) is 0 Å². The van der Waals surface area contributed by atoms with Gasteiger partial charge in [-0.2, -0.15) is 4.31 Å². The highest BCUT2D eigenvalue weighted by Crippen LogP contribution is 2.14. The largest absolute Gasteiger partial charge is 0.396 e. The van der Waals surface area contributed by atoms with Crippen LogP contribution in [0.3, 0.4) is 0 Å². The van der Waals surface area contributed by atoms with E-state index in [1.54, 1.807) is 0 Å². The van der Waals surface area contributed by atoms with Crippen LogP contribution in [-0.2, 0) is 10.0 Å². The minimum atomic E-state index is -3.21. The van der Waals surface area contributed by atoms with Crippen molar-refractivity contribution in [1.82, 2.24) is 9.62 Å². The van der Waals surface area contributed by atoms with E-state index in [0.29, 0.717) is 25.4 Å². The van der Waals surface area contributed by atoms with E-state index in [1.165, 1.54) is 17.1 Å². The summed E-state index contributed by atoms with van der Waals surface area (Å²) in [5.41, 5.74) is 0. The highest BCUT2D eigenvalue weighted by molar-refractivity contribution is 7.89. The predicted molar refractivity (Wildman–Crippen MR) is 77.6 cm³/mol. The SMILES string of the molecule is CC(C)N(CCCO)S(=O)(=O)CCC1CCCCN1. The maximum Gasteiger partial charge on any atom is 0.214 e. The van der Waals surface area contributed by atoms with Crippen molar-refractivity contribution in [2.75, 3.05) is 25.4 Å². The van der Waals surface area contributed by atoms with Crippen molar-refractivity contribution in [2.45, 2.75) is 58.0 Å². The molecule has 1 aliphatic heterocycles. The second-order valence-electron chi connectivity index (χ2n) is 5.53. The van der Waals surface area contributed by atoms with Crippen LogP contribution in [0.1, 0.15) is 46.0 Å². The number of hydrogen-bond acceptors (Lipinski definition) is 4. The van der Waals surface area contributed by atoms with Gasteiger partial charge < -0.3 is 10.4 Å². The van der Waals surface area contributed by atoms with E-state index in [2.05, 4.69) is 5.32 Å². The zero-order valence-corrected chi connectivity index (χ0v) is 13.0. The molecule has 1 saturated heterocycles. The van der Waals surface area contributed by atoms with Gasteiger partial charge in [-0.1, -0.05) is 6.42 Å². The van der Waals surface area contributed by atoms with E-state index < -0.39 is 10.0 Å². The van der Waals surface area contributed by atoms with Crippen molar-refractivity contribution in [3.8, 4) is 0 Å². The maximum absolute atomic E-state index is 12.3. The Balaban J connectivity index is 2.50. The van der Waals surface area contributed by atoms with Crippen LogP contribution >= 0.6 is 0 Å². The molecule has 2 N–H and O–H groups in total. The van der Waals surface area contributed by atoms with E-state index in [4.69, 9.17) is 5.11 Å². The van der Waals surface area contributed by atoms with E-state index >= 15 is 0 Å². The van der Waals surface area contributed by atoms with Gasteiger partial charge in [0.15, 0.2) is 0 Å². The number of aliphatic hydroxyl groups excluding tert-OH is 1. The third-order valence-electron chi connectivity index (χ3n) is 3.61. The zero-order valence-electron chi connectivity index (χ0n) is 12.1. The molecule has 0 spiro atoms. The Hall–Kier alpha value is -0.170. The Morgan fingerprint density at radius 1 is 1.37 bits per heavy atom. The molecule has 114 valence electrons. The van der Waals surface area contributed by atoms with Crippen LogP contribution < -0.4 is 5.32 Å². The first-order valence-electron chi connectivity index (χ1n) is 7.31. The molecule has 1 rings (SSSR count). The maximum atomic E-state index is 12.3. The average Bonchev–Trinajstić information content (AvgIpc) is 2.37. The van der Waals surface area contributed by atoms with Gasteiger partial charge in [0.2, 0.25) is 10.0 Å². The fourth-order valence-corrected chi connectivity index (χ4v) is 4.39. The van der Waals surface area contributed by atoms with Gasteiger partial charge in [0.1, 0.15) is 0 Å². The highest BCUT2D eigenvalue weighted by atomic mass is 32.2. The molecule has 0 saturated carbocycles. The molecule has 0 aliphatic carbocycles. The van der Waals surface area contributed by atoms with Crippen LogP contribution in [0.5, 0.6) is 0 Å². The average molecular weight is 292 g/mol. The minimum absolute atomic E-state index is 0.0307.